The Kier molecular flexibility index (Phi) is 1.42. The highest BCUT2D eigenvalue weighted by molar-refractivity contribution is 8.03. The second kappa shape index (κ2) is 2.30. The number of oxazole rings is 1. The average molecular weight is 167 g/mol. The maximum Gasteiger partial charge on any atom is 0.230 e. The van der Waals surface area contributed by atoms with Gasteiger partial charge in [0.25, 0.3) is 0 Å². The number of nitrogens with one attached hydrogen (secondary N) is 1. The molecule has 4 heteroatoms. The summed E-state index contributed by atoms with van der Waals surface area (Å²) in [7, 11) is 0. The quantitative estimate of drug-likeness (QED) is 0.687. The van der Waals surface area contributed by atoms with Gasteiger partial charge in [-0.1, -0.05) is 11.8 Å². The van der Waals surface area contributed by atoms with Crippen LogP contribution in [0.3, 0.4) is 0 Å². The average Bonchev–Trinajstić information content (AvgIpc) is 2.55. The highest BCUT2D eigenvalue weighted by atomic mass is 32.2. The Labute approximate surface area is 68.9 Å². The van der Waals surface area contributed by atoms with Gasteiger partial charge in [0.15, 0.2) is 4.87 Å². The molecule has 1 N–H and O–H groups in total. The summed E-state index contributed by atoms with van der Waals surface area (Å²) in [6.45, 7) is 2.00. The Hall–Kier alpha value is -0.900. The van der Waals surface area contributed by atoms with Crippen molar-refractivity contribution in [2.75, 3.05) is 0 Å². The van der Waals surface area contributed by atoms with Gasteiger partial charge in [0.05, 0.1) is 12.4 Å². The Morgan fingerprint density at radius 1 is 1.82 bits per heavy atom. The zero-order chi connectivity index (χ0) is 7.73. The van der Waals surface area contributed by atoms with Crippen molar-refractivity contribution in [3.8, 4) is 0 Å². The van der Waals surface area contributed by atoms with Crippen molar-refractivity contribution in [1.29, 1.82) is 0 Å². The van der Waals surface area contributed by atoms with Gasteiger partial charge in [-0.15, -0.1) is 0 Å². The van der Waals surface area contributed by atoms with Gasteiger partial charge in [-0.2, -0.15) is 0 Å². The molecule has 1 aromatic rings. The highest BCUT2D eigenvalue weighted by Gasteiger charge is 2.32. The first kappa shape index (κ1) is 6.79. The summed E-state index contributed by atoms with van der Waals surface area (Å²) in [6.07, 6.45) is 6.10. The van der Waals surface area contributed by atoms with Crippen molar-refractivity contribution in [2.45, 2.75) is 11.8 Å². The molecule has 2 heterocycles. The lowest BCUT2D eigenvalue weighted by Gasteiger charge is -2.18. The lowest BCUT2D eigenvalue weighted by molar-refractivity contribution is 0.415. The highest BCUT2D eigenvalue weighted by Crippen LogP contribution is 2.36. The molecule has 1 aliphatic heterocycles. The number of aromatic nitrogens is 1. The van der Waals surface area contributed by atoms with Crippen molar-refractivity contribution >= 4 is 11.8 Å². The van der Waals surface area contributed by atoms with Gasteiger partial charge in [-0.25, -0.2) is 4.98 Å². The molecule has 0 aliphatic carbocycles. The standard InChI is InChI=1S/C7H7N2OS/c1-7(9-3-5-11-7)6-8-2-4-10-6/h2,4-5,9H,1H3. The molecule has 0 saturated carbocycles. The molecular weight excluding hydrogens is 160 g/mol. The lowest BCUT2D eigenvalue weighted by Crippen LogP contribution is -2.29. The predicted octanol–water partition coefficient (Wildman–Crippen LogP) is 1.46. The fraction of sp³-hybridized carbons (Fsp3) is 0.286. The number of thioether (sulfide) groups is 1. The van der Waals surface area contributed by atoms with Gasteiger partial charge in [0.1, 0.15) is 6.26 Å². The zero-order valence-electron chi connectivity index (χ0n) is 6.00. The van der Waals surface area contributed by atoms with Crippen LogP contribution in [0.2, 0.25) is 0 Å². The number of nitrogens with zero attached hydrogens (tertiary/aromatic N) is 1. The molecular formula is C7H7N2OS. The monoisotopic (exact) mass is 167 g/mol. The SMILES string of the molecule is CC1(c2ncco2)N[C]=CS1. The topological polar surface area (TPSA) is 38.1 Å². The predicted molar refractivity (Wildman–Crippen MR) is 42.4 cm³/mol. The van der Waals surface area contributed by atoms with Gasteiger partial charge >= 0.3 is 0 Å². The van der Waals surface area contributed by atoms with Crippen LogP contribution in [0, 0.1) is 6.20 Å². The first-order valence-corrected chi connectivity index (χ1v) is 4.11. The normalized spacial score (nSPS) is 28.8. The third kappa shape index (κ3) is 1.03. The van der Waals surface area contributed by atoms with Crippen LogP contribution < -0.4 is 5.32 Å². The fourth-order valence-corrected chi connectivity index (χ4v) is 1.58. The summed E-state index contributed by atoms with van der Waals surface area (Å²) >= 11 is 1.60. The van der Waals surface area contributed by atoms with Gasteiger partial charge in [-0.3, -0.25) is 0 Å². The molecule has 0 aromatic carbocycles. The van der Waals surface area contributed by atoms with E-state index >= 15 is 0 Å². The van der Waals surface area contributed by atoms with Crippen molar-refractivity contribution < 1.29 is 4.42 Å². The van der Waals surface area contributed by atoms with Crippen LogP contribution in [0.4, 0.5) is 0 Å². The van der Waals surface area contributed by atoms with Crippen LogP contribution in [0.25, 0.3) is 0 Å². The Bertz CT molecular complexity index is 260. The molecule has 0 saturated heterocycles. The smallest absolute Gasteiger partial charge is 0.230 e. The van der Waals surface area contributed by atoms with E-state index in [0.29, 0.717) is 5.89 Å². The van der Waals surface area contributed by atoms with E-state index in [2.05, 4.69) is 16.5 Å². The Morgan fingerprint density at radius 2 is 2.73 bits per heavy atom. The molecule has 1 atom stereocenters. The molecule has 0 bridgehead atoms. The minimum absolute atomic E-state index is 0.260. The summed E-state index contributed by atoms with van der Waals surface area (Å²) in [5.74, 6) is 0.684. The molecule has 3 nitrogen and oxygen atoms in total. The molecule has 57 valence electrons. The minimum atomic E-state index is -0.260. The molecule has 1 aliphatic rings. The molecule has 1 radical (unpaired) electrons. The second-order valence-electron chi connectivity index (χ2n) is 2.38. The molecule has 0 amide bonds. The van der Waals surface area contributed by atoms with E-state index in [1.165, 1.54) is 0 Å². The second-order valence-corrected chi connectivity index (χ2v) is 3.66. The Morgan fingerprint density at radius 3 is 3.27 bits per heavy atom. The van der Waals surface area contributed by atoms with E-state index in [0.717, 1.165) is 0 Å². The summed E-state index contributed by atoms with van der Waals surface area (Å²) in [5.41, 5.74) is 0. The minimum Gasteiger partial charge on any atom is -0.446 e. The fourth-order valence-electron chi connectivity index (χ4n) is 0.907. The van der Waals surface area contributed by atoms with Crippen molar-refractivity contribution in [3.05, 3.63) is 30.0 Å². The van der Waals surface area contributed by atoms with E-state index in [1.54, 1.807) is 24.2 Å². The van der Waals surface area contributed by atoms with E-state index in [9.17, 15) is 0 Å². The lowest BCUT2D eigenvalue weighted by atomic mass is 10.3. The number of hydrogen-bond acceptors (Lipinski definition) is 4. The van der Waals surface area contributed by atoms with Crippen LogP contribution in [0.1, 0.15) is 12.8 Å². The van der Waals surface area contributed by atoms with Crippen molar-refractivity contribution in [3.63, 3.8) is 0 Å². The third-order valence-electron chi connectivity index (χ3n) is 1.50. The summed E-state index contributed by atoms with van der Waals surface area (Å²) in [5, 5.41) is 4.90. The molecule has 0 fully saturated rings. The molecule has 1 aromatic heterocycles. The van der Waals surface area contributed by atoms with Crippen LogP contribution in [0.5, 0.6) is 0 Å². The van der Waals surface area contributed by atoms with Gasteiger partial charge in [0.2, 0.25) is 5.89 Å². The van der Waals surface area contributed by atoms with E-state index in [1.807, 2.05) is 12.3 Å². The molecule has 11 heavy (non-hydrogen) atoms. The summed E-state index contributed by atoms with van der Waals surface area (Å²) in [4.78, 5) is 3.80. The first-order chi connectivity index (χ1) is 5.31. The van der Waals surface area contributed by atoms with E-state index < -0.39 is 0 Å². The maximum absolute atomic E-state index is 5.17. The van der Waals surface area contributed by atoms with Gasteiger partial charge in [-0.05, 0) is 12.3 Å². The van der Waals surface area contributed by atoms with Crippen molar-refractivity contribution in [1.82, 2.24) is 10.3 Å². The Balaban J connectivity index is 2.29. The zero-order valence-corrected chi connectivity index (χ0v) is 6.81. The van der Waals surface area contributed by atoms with E-state index in [4.69, 9.17) is 4.42 Å². The first-order valence-electron chi connectivity index (χ1n) is 3.23. The van der Waals surface area contributed by atoms with Crippen molar-refractivity contribution in [2.24, 2.45) is 0 Å². The van der Waals surface area contributed by atoms with Crippen LogP contribution >= 0.6 is 11.8 Å². The van der Waals surface area contributed by atoms with E-state index in [-0.39, 0.29) is 4.87 Å². The van der Waals surface area contributed by atoms with Crippen LogP contribution in [0.15, 0.2) is 22.3 Å². The molecule has 2 rings (SSSR count). The maximum atomic E-state index is 5.17. The third-order valence-corrected chi connectivity index (χ3v) is 2.49. The largest absolute Gasteiger partial charge is 0.446 e. The molecule has 0 spiro atoms. The van der Waals surface area contributed by atoms with Crippen LogP contribution in [-0.4, -0.2) is 4.98 Å². The van der Waals surface area contributed by atoms with Gasteiger partial charge < -0.3 is 9.73 Å². The van der Waals surface area contributed by atoms with Crippen LogP contribution in [-0.2, 0) is 4.87 Å². The summed E-state index contributed by atoms with van der Waals surface area (Å²) < 4.78 is 5.17. The van der Waals surface area contributed by atoms with Gasteiger partial charge in [0, 0.05) is 0 Å². The number of hydrogen-bond donors (Lipinski definition) is 1. The number of rotatable bonds is 1. The molecule has 1 unspecified atom stereocenters. The summed E-state index contributed by atoms with van der Waals surface area (Å²) in [6, 6.07) is 0.